The molecule has 1 aromatic carbocycles. The number of hydrogen-bond donors (Lipinski definition) is 1. The molecule has 0 bridgehead atoms. The Balaban J connectivity index is 2.93. The molecular formula is C11H14BrNO2. The van der Waals surface area contributed by atoms with Crippen molar-refractivity contribution in [2.75, 3.05) is 12.3 Å². The fourth-order valence-electron chi connectivity index (χ4n) is 1.34. The summed E-state index contributed by atoms with van der Waals surface area (Å²) in [6.07, 6.45) is 0.227. The summed E-state index contributed by atoms with van der Waals surface area (Å²) in [5.41, 5.74) is 8.33. The highest BCUT2D eigenvalue weighted by atomic mass is 79.9. The zero-order valence-electron chi connectivity index (χ0n) is 8.84. The van der Waals surface area contributed by atoms with E-state index in [4.69, 9.17) is 10.5 Å². The van der Waals surface area contributed by atoms with Crippen LogP contribution in [0.2, 0.25) is 0 Å². The predicted molar refractivity (Wildman–Crippen MR) is 63.6 cm³/mol. The lowest BCUT2D eigenvalue weighted by atomic mass is 10.0. The minimum atomic E-state index is -0.245. The van der Waals surface area contributed by atoms with E-state index in [1.807, 2.05) is 19.1 Å². The van der Waals surface area contributed by atoms with E-state index in [2.05, 4.69) is 15.9 Å². The first kappa shape index (κ1) is 12.0. The second-order valence-electron chi connectivity index (χ2n) is 3.24. The maximum atomic E-state index is 11.3. The summed E-state index contributed by atoms with van der Waals surface area (Å²) in [5.74, 6) is -0.245. The molecule has 0 radical (unpaired) electrons. The third-order valence-electron chi connectivity index (χ3n) is 2.16. The smallest absolute Gasteiger partial charge is 0.310 e. The van der Waals surface area contributed by atoms with E-state index in [1.54, 1.807) is 6.92 Å². The van der Waals surface area contributed by atoms with Gasteiger partial charge in [0.25, 0.3) is 0 Å². The number of halogens is 1. The summed E-state index contributed by atoms with van der Waals surface area (Å²) in [5, 5.41) is 0. The molecule has 0 saturated carbocycles. The lowest BCUT2D eigenvalue weighted by molar-refractivity contribution is -0.142. The van der Waals surface area contributed by atoms with Crippen LogP contribution < -0.4 is 5.73 Å². The molecule has 2 N–H and O–H groups in total. The van der Waals surface area contributed by atoms with Crippen molar-refractivity contribution in [1.82, 2.24) is 0 Å². The zero-order valence-corrected chi connectivity index (χ0v) is 10.4. The average molecular weight is 272 g/mol. The summed E-state index contributed by atoms with van der Waals surface area (Å²) >= 11 is 3.33. The van der Waals surface area contributed by atoms with Crippen molar-refractivity contribution in [3.63, 3.8) is 0 Å². The lowest BCUT2D eigenvalue weighted by Gasteiger charge is -2.10. The Bertz CT molecular complexity index is 377. The number of rotatable bonds is 3. The predicted octanol–water partition coefficient (Wildman–Crippen LogP) is 2.45. The van der Waals surface area contributed by atoms with Gasteiger partial charge in [0.15, 0.2) is 0 Å². The largest absolute Gasteiger partial charge is 0.466 e. The molecule has 1 rings (SSSR count). The number of anilines is 1. The van der Waals surface area contributed by atoms with Crippen LogP contribution in [0.4, 0.5) is 5.69 Å². The van der Waals surface area contributed by atoms with E-state index in [0.29, 0.717) is 12.3 Å². The Hall–Kier alpha value is -1.03. The maximum Gasteiger partial charge on any atom is 0.310 e. The molecule has 0 aromatic heterocycles. The van der Waals surface area contributed by atoms with Gasteiger partial charge in [-0.3, -0.25) is 4.79 Å². The van der Waals surface area contributed by atoms with E-state index >= 15 is 0 Å². The van der Waals surface area contributed by atoms with Crippen LogP contribution in [0, 0.1) is 6.92 Å². The Labute approximate surface area is 97.7 Å². The number of ether oxygens (including phenoxy) is 1. The van der Waals surface area contributed by atoms with Gasteiger partial charge in [-0.1, -0.05) is 6.07 Å². The molecule has 1 aromatic rings. The molecule has 3 nitrogen and oxygen atoms in total. The molecular weight excluding hydrogens is 258 g/mol. The lowest BCUT2D eigenvalue weighted by Crippen LogP contribution is -2.10. The van der Waals surface area contributed by atoms with Crippen molar-refractivity contribution >= 4 is 27.6 Å². The number of carbonyl (C=O) groups excluding carboxylic acids is 1. The van der Waals surface area contributed by atoms with Crippen LogP contribution in [0.5, 0.6) is 0 Å². The van der Waals surface area contributed by atoms with Gasteiger partial charge in [-0.2, -0.15) is 0 Å². The number of aryl methyl sites for hydroxylation is 1. The van der Waals surface area contributed by atoms with Crippen LogP contribution in [0.15, 0.2) is 16.6 Å². The normalized spacial score (nSPS) is 10.1. The highest BCUT2D eigenvalue weighted by Crippen LogP contribution is 2.26. The fraction of sp³-hybridized carbons (Fsp3) is 0.364. The topological polar surface area (TPSA) is 52.3 Å². The third-order valence-corrected chi connectivity index (χ3v) is 2.86. The Kier molecular flexibility index (Phi) is 4.15. The Morgan fingerprint density at radius 1 is 1.53 bits per heavy atom. The van der Waals surface area contributed by atoms with Crippen LogP contribution in [-0.4, -0.2) is 12.6 Å². The van der Waals surface area contributed by atoms with Crippen molar-refractivity contribution in [2.45, 2.75) is 20.3 Å². The number of nitrogens with two attached hydrogens (primary N) is 1. The van der Waals surface area contributed by atoms with E-state index in [1.165, 1.54) is 0 Å². The molecule has 15 heavy (non-hydrogen) atoms. The van der Waals surface area contributed by atoms with Gasteiger partial charge >= 0.3 is 5.97 Å². The average Bonchev–Trinajstić information content (AvgIpc) is 2.19. The second-order valence-corrected chi connectivity index (χ2v) is 4.09. The third kappa shape index (κ3) is 2.96. The van der Waals surface area contributed by atoms with Crippen LogP contribution in [0.1, 0.15) is 18.1 Å². The monoisotopic (exact) mass is 271 g/mol. The number of nitrogen functional groups attached to an aromatic ring is 1. The Morgan fingerprint density at radius 2 is 2.20 bits per heavy atom. The molecule has 0 spiro atoms. The standard InChI is InChI=1S/C11H14BrNO2/c1-3-15-10(14)6-8-7(2)4-5-9(12)11(8)13/h4-5H,3,6,13H2,1-2H3. The second kappa shape index (κ2) is 5.16. The van der Waals surface area contributed by atoms with Crippen LogP contribution >= 0.6 is 15.9 Å². The highest BCUT2D eigenvalue weighted by Gasteiger charge is 2.11. The summed E-state index contributed by atoms with van der Waals surface area (Å²) < 4.78 is 5.70. The highest BCUT2D eigenvalue weighted by molar-refractivity contribution is 9.10. The van der Waals surface area contributed by atoms with Crippen LogP contribution in [0.3, 0.4) is 0 Å². The summed E-state index contributed by atoms with van der Waals surface area (Å²) in [4.78, 5) is 11.3. The zero-order chi connectivity index (χ0) is 11.4. The van der Waals surface area contributed by atoms with Crippen molar-refractivity contribution in [3.05, 3.63) is 27.7 Å². The van der Waals surface area contributed by atoms with Crippen molar-refractivity contribution < 1.29 is 9.53 Å². The molecule has 0 aliphatic heterocycles. The molecule has 0 fully saturated rings. The van der Waals surface area contributed by atoms with Gasteiger partial charge in [0.05, 0.1) is 13.0 Å². The van der Waals surface area contributed by atoms with Crippen molar-refractivity contribution in [1.29, 1.82) is 0 Å². The molecule has 0 amide bonds. The minimum absolute atomic E-state index is 0.227. The van der Waals surface area contributed by atoms with Gasteiger partial charge in [-0.15, -0.1) is 0 Å². The summed E-state index contributed by atoms with van der Waals surface area (Å²) in [7, 11) is 0. The first-order valence-electron chi connectivity index (χ1n) is 4.75. The van der Waals surface area contributed by atoms with Gasteiger partial charge < -0.3 is 10.5 Å². The number of hydrogen-bond acceptors (Lipinski definition) is 3. The molecule has 0 aliphatic carbocycles. The van der Waals surface area contributed by atoms with Crippen LogP contribution in [-0.2, 0) is 16.0 Å². The quantitative estimate of drug-likeness (QED) is 0.679. The molecule has 0 saturated heterocycles. The van der Waals surface area contributed by atoms with Crippen LogP contribution in [0.25, 0.3) is 0 Å². The summed E-state index contributed by atoms with van der Waals surface area (Å²) in [6.45, 7) is 4.11. The first-order valence-corrected chi connectivity index (χ1v) is 5.54. The molecule has 0 aliphatic rings. The van der Waals surface area contributed by atoms with Gasteiger partial charge in [-0.25, -0.2) is 0 Å². The molecule has 0 atom stereocenters. The minimum Gasteiger partial charge on any atom is -0.466 e. The van der Waals surface area contributed by atoms with E-state index < -0.39 is 0 Å². The van der Waals surface area contributed by atoms with Gasteiger partial charge in [0.2, 0.25) is 0 Å². The van der Waals surface area contributed by atoms with E-state index in [9.17, 15) is 4.79 Å². The van der Waals surface area contributed by atoms with E-state index in [0.717, 1.165) is 15.6 Å². The number of carbonyl (C=O) groups is 1. The van der Waals surface area contributed by atoms with Crippen molar-refractivity contribution in [2.24, 2.45) is 0 Å². The number of benzene rings is 1. The van der Waals surface area contributed by atoms with Gasteiger partial charge in [-0.05, 0) is 47.0 Å². The van der Waals surface area contributed by atoms with Gasteiger partial charge in [0.1, 0.15) is 0 Å². The molecule has 82 valence electrons. The van der Waals surface area contributed by atoms with E-state index in [-0.39, 0.29) is 12.4 Å². The first-order chi connectivity index (χ1) is 7.06. The fourth-order valence-corrected chi connectivity index (χ4v) is 1.71. The number of esters is 1. The Morgan fingerprint density at radius 3 is 2.80 bits per heavy atom. The van der Waals surface area contributed by atoms with Crippen molar-refractivity contribution in [3.8, 4) is 0 Å². The SMILES string of the molecule is CCOC(=O)Cc1c(C)ccc(Br)c1N. The summed E-state index contributed by atoms with van der Waals surface area (Å²) in [6, 6.07) is 3.80. The maximum absolute atomic E-state index is 11.3. The van der Waals surface area contributed by atoms with Gasteiger partial charge in [0, 0.05) is 10.2 Å². The molecule has 4 heteroatoms. The molecule has 0 unspecified atom stereocenters. The molecule has 0 heterocycles.